The first-order valence-electron chi connectivity index (χ1n) is 8.72. The molecular weight excluding hydrogens is 282 g/mol. The summed E-state index contributed by atoms with van der Waals surface area (Å²) in [5, 5.41) is 0. The molecule has 1 amide bonds. The summed E-state index contributed by atoms with van der Waals surface area (Å²) < 4.78 is 10.00. The Labute approximate surface area is 134 Å². The van der Waals surface area contributed by atoms with E-state index in [1.165, 1.54) is 50.5 Å². The molecule has 22 heavy (non-hydrogen) atoms. The average Bonchev–Trinajstić information content (AvgIpc) is 3.02. The lowest BCUT2D eigenvalue weighted by Crippen LogP contribution is -2.41. The molecule has 1 aliphatic rings. The summed E-state index contributed by atoms with van der Waals surface area (Å²) in [7, 11) is 1.34. The Kier molecular flexibility index (Phi) is 9.67. The minimum Gasteiger partial charge on any atom is -0.464 e. The first kappa shape index (κ1) is 18.8. The minimum atomic E-state index is -0.457. The molecule has 1 rings (SSSR count). The summed E-state index contributed by atoms with van der Waals surface area (Å²) in [6.45, 7) is 3.25. The third-order valence-corrected chi connectivity index (χ3v) is 4.18. The fraction of sp³-hybridized carbons (Fsp3) is 0.882. The van der Waals surface area contributed by atoms with E-state index in [0.29, 0.717) is 19.6 Å². The molecule has 1 heterocycles. The van der Waals surface area contributed by atoms with Crippen LogP contribution in [0, 0.1) is 0 Å². The number of methoxy groups -OCH3 is 1. The highest BCUT2D eigenvalue weighted by molar-refractivity contribution is 5.82. The Bertz CT molecular complexity index is 333. The molecule has 1 aliphatic heterocycles. The molecule has 0 saturated carbocycles. The maximum absolute atomic E-state index is 12.0. The molecule has 5 heteroatoms. The molecule has 0 N–H and O–H groups in total. The molecule has 1 unspecified atom stereocenters. The monoisotopic (exact) mass is 313 g/mol. The van der Waals surface area contributed by atoms with Crippen molar-refractivity contribution in [3.63, 3.8) is 0 Å². The zero-order valence-electron chi connectivity index (χ0n) is 14.1. The van der Waals surface area contributed by atoms with E-state index in [-0.39, 0.29) is 5.97 Å². The van der Waals surface area contributed by atoms with E-state index in [0.717, 1.165) is 19.3 Å². The number of nitrogens with zero attached hydrogens (tertiary/aromatic N) is 1. The molecule has 0 bridgehead atoms. The number of hydrogen-bond acceptors (Lipinski definition) is 4. The maximum atomic E-state index is 12.0. The van der Waals surface area contributed by atoms with Gasteiger partial charge in [-0.1, -0.05) is 51.9 Å². The quantitative estimate of drug-likeness (QED) is 0.453. The Morgan fingerprint density at radius 1 is 1.05 bits per heavy atom. The lowest BCUT2D eigenvalue weighted by Gasteiger charge is -2.21. The summed E-state index contributed by atoms with van der Waals surface area (Å²) in [6.07, 6.45) is 10.8. The Hall–Kier alpha value is -1.26. The third-order valence-electron chi connectivity index (χ3n) is 4.18. The van der Waals surface area contributed by atoms with Crippen LogP contribution in [-0.2, 0) is 14.3 Å². The van der Waals surface area contributed by atoms with Crippen LogP contribution < -0.4 is 0 Å². The van der Waals surface area contributed by atoms with E-state index in [9.17, 15) is 9.59 Å². The molecule has 0 aromatic heterocycles. The maximum Gasteiger partial charge on any atom is 0.410 e. The van der Waals surface area contributed by atoms with Crippen LogP contribution >= 0.6 is 0 Å². The predicted molar refractivity (Wildman–Crippen MR) is 85.7 cm³/mol. The van der Waals surface area contributed by atoms with Crippen molar-refractivity contribution in [1.29, 1.82) is 0 Å². The van der Waals surface area contributed by atoms with Gasteiger partial charge in [0.2, 0.25) is 0 Å². The van der Waals surface area contributed by atoms with Crippen LogP contribution in [0.1, 0.15) is 71.1 Å². The second-order valence-electron chi connectivity index (χ2n) is 5.96. The number of carbonyl (C=O) groups excluding carboxylic acids is 2. The zero-order valence-corrected chi connectivity index (χ0v) is 14.1. The third kappa shape index (κ3) is 6.67. The smallest absolute Gasteiger partial charge is 0.410 e. The average molecular weight is 313 g/mol. The van der Waals surface area contributed by atoms with Crippen molar-refractivity contribution >= 4 is 12.1 Å². The molecule has 128 valence electrons. The lowest BCUT2D eigenvalue weighted by atomic mass is 10.1. The molecular formula is C17H31NO4. The van der Waals surface area contributed by atoms with Gasteiger partial charge in [0.15, 0.2) is 0 Å². The largest absolute Gasteiger partial charge is 0.464 e. The minimum absolute atomic E-state index is 0.286. The standard InChI is InChI=1S/C17H31NO4/c1-3-4-5-6-7-8-9-10-14-22-16(19)15-12-11-13-18(15)17(20)21-2/h15H,3-14H2,1-2H3. The van der Waals surface area contributed by atoms with Gasteiger partial charge in [-0.3, -0.25) is 4.90 Å². The number of rotatable bonds is 10. The van der Waals surface area contributed by atoms with Gasteiger partial charge >= 0.3 is 12.1 Å². The van der Waals surface area contributed by atoms with Gasteiger partial charge in [0.05, 0.1) is 13.7 Å². The SMILES string of the molecule is CCCCCCCCCCOC(=O)C1CCCN1C(=O)OC. The fourth-order valence-corrected chi connectivity index (χ4v) is 2.85. The normalized spacial score (nSPS) is 17.5. The zero-order chi connectivity index (χ0) is 16.2. The van der Waals surface area contributed by atoms with Crippen LogP contribution in [-0.4, -0.2) is 43.3 Å². The van der Waals surface area contributed by atoms with Crippen LogP contribution in [0.3, 0.4) is 0 Å². The van der Waals surface area contributed by atoms with Gasteiger partial charge in [0.1, 0.15) is 6.04 Å². The van der Waals surface area contributed by atoms with Crippen molar-refractivity contribution < 1.29 is 19.1 Å². The van der Waals surface area contributed by atoms with E-state index in [1.54, 1.807) is 0 Å². The second-order valence-corrected chi connectivity index (χ2v) is 5.96. The van der Waals surface area contributed by atoms with Gasteiger partial charge in [-0.15, -0.1) is 0 Å². The van der Waals surface area contributed by atoms with E-state index >= 15 is 0 Å². The van der Waals surface area contributed by atoms with E-state index in [2.05, 4.69) is 6.92 Å². The van der Waals surface area contributed by atoms with Crippen LogP contribution in [0.15, 0.2) is 0 Å². The summed E-state index contributed by atoms with van der Waals surface area (Å²) in [5.74, 6) is -0.286. The summed E-state index contributed by atoms with van der Waals surface area (Å²) in [6, 6.07) is -0.457. The second kappa shape index (κ2) is 11.3. The topological polar surface area (TPSA) is 55.8 Å². The molecule has 0 aliphatic carbocycles. The lowest BCUT2D eigenvalue weighted by molar-refractivity contribution is -0.148. The van der Waals surface area contributed by atoms with Crippen LogP contribution in [0.2, 0.25) is 0 Å². The Morgan fingerprint density at radius 3 is 2.32 bits per heavy atom. The van der Waals surface area contributed by atoms with Crippen molar-refractivity contribution in [2.45, 2.75) is 77.2 Å². The van der Waals surface area contributed by atoms with E-state index in [1.807, 2.05) is 0 Å². The molecule has 0 spiro atoms. The summed E-state index contributed by atoms with van der Waals surface area (Å²) >= 11 is 0. The molecule has 0 aromatic carbocycles. The summed E-state index contributed by atoms with van der Waals surface area (Å²) in [5.41, 5.74) is 0. The molecule has 1 fully saturated rings. The number of esters is 1. The fourth-order valence-electron chi connectivity index (χ4n) is 2.85. The molecule has 0 radical (unpaired) electrons. The van der Waals surface area contributed by atoms with Gasteiger partial charge in [-0.2, -0.15) is 0 Å². The Balaban J connectivity index is 2.07. The van der Waals surface area contributed by atoms with Gasteiger partial charge < -0.3 is 9.47 Å². The first-order valence-corrected chi connectivity index (χ1v) is 8.72. The highest BCUT2D eigenvalue weighted by Crippen LogP contribution is 2.19. The number of amides is 1. The van der Waals surface area contributed by atoms with Gasteiger partial charge in [0, 0.05) is 6.54 Å². The Morgan fingerprint density at radius 2 is 1.68 bits per heavy atom. The van der Waals surface area contributed by atoms with Crippen molar-refractivity contribution in [1.82, 2.24) is 4.90 Å². The van der Waals surface area contributed by atoms with Crippen LogP contribution in [0.25, 0.3) is 0 Å². The van der Waals surface area contributed by atoms with Gasteiger partial charge in [-0.05, 0) is 19.3 Å². The van der Waals surface area contributed by atoms with Gasteiger partial charge in [-0.25, -0.2) is 9.59 Å². The predicted octanol–water partition coefficient (Wildman–Crippen LogP) is 3.90. The van der Waals surface area contributed by atoms with Crippen LogP contribution in [0.5, 0.6) is 0 Å². The van der Waals surface area contributed by atoms with Crippen molar-refractivity contribution in [2.75, 3.05) is 20.3 Å². The van der Waals surface area contributed by atoms with Gasteiger partial charge in [0.25, 0.3) is 0 Å². The van der Waals surface area contributed by atoms with Crippen molar-refractivity contribution in [2.24, 2.45) is 0 Å². The first-order chi connectivity index (χ1) is 10.7. The van der Waals surface area contributed by atoms with E-state index < -0.39 is 12.1 Å². The molecule has 1 saturated heterocycles. The number of unbranched alkanes of at least 4 members (excludes halogenated alkanes) is 7. The summed E-state index contributed by atoms with van der Waals surface area (Å²) in [4.78, 5) is 25.0. The molecule has 0 aromatic rings. The van der Waals surface area contributed by atoms with Crippen molar-refractivity contribution in [3.8, 4) is 0 Å². The van der Waals surface area contributed by atoms with Crippen LogP contribution in [0.4, 0.5) is 4.79 Å². The highest BCUT2D eigenvalue weighted by Gasteiger charge is 2.35. The van der Waals surface area contributed by atoms with Crippen molar-refractivity contribution in [3.05, 3.63) is 0 Å². The molecule has 5 nitrogen and oxygen atoms in total. The number of ether oxygens (including phenoxy) is 2. The number of carbonyl (C=O) groups is 2. The highest BCUT2D eigenvalue weighted by atomic mass is 16.6. The number of hydrogen-bond donors (Lipinski definition) is 0. The van der Waals surface area contributed by atoms with E-state index in [4.69, 9.17) is 9.47 Å². The number of likely N-dealkylation sites (tertiary alicyclic amines) is 1. The molecule has 1 atom stereocenters.